The molecule has 0 aliphatic heterocycles. The van der Waals surface area contributed by atoms with Gasteiger partial charge in [-0.1, -0.05) is 17.8 Å². The Bertz CT molecular complexity index is 643. The molecule has 118 valence electrons. The number of hydrogen-bond acceptors (Lipinski definition) is 6. The molecule has 1 aromatic heterocycles. The van der Waals surface area contributed by atoms with Crippen LogP contribution >= 0.6 is 11.8 Å². The molecule has 0 N–H and O–H groups in total. The Balaban J connectivity index is 1.84. The summed E-state index contributed by atoms with van der Waals surface area (Å²) in [6.07, 6.45) is 1.60. The van der Waals surface area contributed by atoms with Crippen LogP contribution in [-0.4, -0.2) is 40.5 Å². The summed E-state index contributed by atoms with van der Waals surface area (Å²) in [4.78, 5) is 11.1. The van der Waals surface area contributed by atoms with Crippen LogP contribution in [0, 0.1) is 6.92 Å². The Morgan fingerprint density at radius 1 is 1.36 bits per heavy atom. The van der Waals surface area contributed by atoms with Crippen LogP contribution in [0.1, 0.15) is 22.6 Å². The van der Waals surface area contributed by atoms with Crippen LogP contribution in [0.4, 0.5) is 0 Å². The Hall–Kier alpha value is -2.02. The van der Waals surface area contributed by atoms with Gasteiger partial charge in [-0.3, -0.25) is 4.79 Å². The number of benzene rings is 1. The van der Waals surface area contributed by atoms with Crippen molar-refractivity contribution >= 4 is 18.0 Å². The zero-order chi connectivity index (χ0) is 15.9. The predicted molar refractivity (Wildman–Crippen MR) is 85.0 cm³/mol. The highest BCUT2D eigenvalue weighted by molar-refractivity contribution is 7.99. The van der Waals surface area contributed by atoms with E-state index in [0.717, 1.165) is 29.4 Å². The fourth-order valence-electron chi connectivity index (χ4n) is 1.85. The van der Waals surface area contributed by atoms with Gasteiger partial charge in [0, 0.05) is 12.8 Å². The molecule has 0 aliphatic carbocycles. The number of aldehydes is 1. The summed E-state index contributed by atoms with van der Waals surface area (Å²) < 4.78 is 12.9. The maximum absolute atomic E-state index is 11.1. The predicted octanol–water partition coefficient (Wildman–Crippen LogP) is 2.51. The number of carbonyl (C=O) groups is 1. The lowest BCUT2D eigenvalue weighted by Gasteiger charge is -2.12. The summed E-state index contributed by atoms with van der Waals surface area (Å²) in [6, 6.07) is 5.25. The highest BCUT2D eigenvalue weighted by Crippen LogP contribution is 2.30. The zero-order valence-corrected chi connectivity index (χ0v) is 13.7. The SMILES string of the molecule is COc1cccc(C=O)c1OCCCSc1nnc(C)n1C. The number of para-hydroxylation sites is 1. The van der Waals surface area contributed by atoms with E-state index in [0.29, 0.717) is 23.7 Å². The van der Waals surface area contributed by atoms with Crippen molar-refractivity contribution in [1.82, 2.24) is 14.8 Å². The fourth-order valence-corrected chi connectivity index (χ4v) is 2.72. The topological polar surface area (TPSA) is 66.2 Å². The van der Waals surface area contributed by atoms with E-state index in [2.05, 4.69) is 10.2 Å². The van der Waals surface area contributed by atoms with E-state index in [9.17, 15) is 4.79 Å². The van der Waals surface area contributed by atoms with E-state index < -0.39 is 0 Å². The van der Waals surface area contributed by atoms with Gasteiger partial charge in [-0.05, 0) is 25.5 Å². The molecular formula is C15H19N3O3S. The molecule has 0 spiro atoms. The molecule has 1 aromatic carbocycles. The van der Waals surface area contributed by atoms with Gasteiger partial charge in [0.1, 0.15) is 5.82 Å². The van der Waals surface area contributed by atoms with Crippen molar-refractivity contribution in [1.29, 1.82) is 0 Å². The Morgan fingerprint density at radius 2 is 2.18 bits per heavy atom. The molecule has 0 aliphatic rings. The number of aromatic nitrogens is 3. The van der Waals surface area contributed by atoms with Crippen molar-refractivity contribution in [3.63, 3.8) is 0 Å². The van der Waals surface area contributed by atoms with Gasteiger partial charge in [-0.25, -0.2) is 0 Å². The van der Waals surface area contributed by atoms with E-state index in [1.54, 1.807) is 37.1 Å². The first-order valence-corrected chi connectivity index (χ1v) is 7.89. The number of rotatable bonds is 8. The molecular weight excluding hydrogens is 302 g/mol. The second-order valence-electron chi connectivity index (χ2n) is 4.64. The first kappa shape index (κ1) is 16.4. The van der Waals surface area contributed by atoms with E-state index in [1.807, 2.05) is 18.5 Å². The van der Waals surface area contributed by atoms with E-state index in [1.165, 1.54) is 0 Å². The third-order valence-corrected chi connectivity index (χ3v) is 4.28. The molecule has 0 bridgehead atoms. The van der Waals surface area contributed by atoms with Gasteiger partial charge < -0.3 is 14.0 Å². The number of carbonyl (C=O) groups excluding carboxylic acids is 1. The highest BCUT2D eigenvalue weighted by Gasteiger charge is 2.10. The molecule has 0 atom stereocenters. The van der Waals surface area contributed by atoms with Crippen LogP contribution in [0.2, 0.25) is 0 Å². The Kier molecular flexibility index (Phi) is 5.83. The molecule has 7 heteroatoms. The molecule has 2 rings (SSSR count). The molecule has 1 heterocycles. The van der Waals surface area contributed by atoms with Crippen molar-refractivity contribution in [3.05, 3.63) is 29.6 Å². The Labute approximate surface area is 133 Å². The Morgan fingerprint density at radius 3 is 2.82 bits per heavy atom. The molecule has 0 amide bonds. The van der Waals surface area contributed by atoms with Gasteiger partial charge in [0.05, 0.1) is 19.3 Å². The van der Waals surface area contributed by atoms with Crippen LogP contribution in [0.15, 0.2) is 23.4 Å². The molecule has 22 heavy (non-hydrogen) atoms. The zero-order valence-electron chi connectivity index (χ0n) is 12.9. The molecule has 2 aromatic rings. The number of hydrogen-bond donors (Lipinski definition) is 0. The normalized spacial score (nSPS) is 10.5. The lowest BCUT2D eigenvalue weighted by molar-refractivity contribution is 0.111. The van der Waals surface area contributed by atoms with E-state index in [-0.39, 0.29) is 0 Å². The standard InChI is InChI=1S/C15H19N3O3S/c1-11-16-17-15(18(11)2)22-9-5-8-21-14-12(10-19)6-4-7-13(14)20-3/h4,6-7,10H,5,8-9H2,1-3H3. The number of methoxy groups -OCH3 is 1. The third kappa shape index (κ3) is 3.79. The monoisotopic (exact) mass is 321 g/mol. The van der Waals surface area contributed by atoms with Crippen molar-refractivity contribution in [3.8, 4) is 11.5 Å². The average molecular weight is 321 g/mol. The lowest BCUT2D eigenvalue weighted by atomic mass is 10.2. The maximum Gasteiger partial charge on any atom is 0.190 e. The van der Waals surface area contributed by atoms with Crippen LogP contribution in [-0.2, 0) is 7.05 Å². The van der Waals surface area contributed by atoms with Crippen LogP contribution in [0.5, 0.6) is 11.5 Å². The van der Waals surface area contributed by atoms with Crippen molar-refractivity contribution in [2.75, 3.05) is 19.5 Å². The first-order chi connectivity index (χ1) is 10.7. The fraction of sp³-hybridized carbons (Fsp3) is 0.400. The maximum atomic E-state index is 11.1. The van der Waals surface area contributed by atoms with Crippen LogP contribution < -0.4 is 9.47 Å². The van der Waals surface area contributed by atoms with Gasteiger partial charge in [0.25, 0.3) is 0 Å². The van der Waals surface area contributed by atoms with Gasteiger partial charge >= 0.3 is 0 Å². The number of thioether (sulfide) groups is 1. The van der Waals surface area contributed by atoms with Crippen LogP contribution in [0.3, 0.4) is 0 Å². The molecule has 0 saturated carbocycles. The number of aryl methyl sites for hydroxylation is 1. The molecule has 6 nitrogen and oxygen atoms in total. The minimum atomic E-state index is 0.496. The van der Waals surface area contributed by atoms with Crippen LogP contribution in [0.25, 0.3) is 0 Å². The van der Waals surface area contributed by atoms with Crippen molar-refractivity contribution in [2.24, 2.45) is 7.05 Å². The minimum absolute atomic E-state index is 0.496. The largest absolute Gasteiger partial charge is 0.493 e. The van der Waals surface area contributed by atoms with Gasteiger partial charge in [-0.2, -0.15) is 0 Å². The van der Waals surface area contributed by atoms with Crippen molar-refractivity contribution in [2.45, 2.75) is 18.5 Å². The number of ether oxygens (including phenoxy) is 2. The van der Waals surface area contributed by atoms with Gasteiger partial charge in [0.2, 0.25) is 0 Å². The van der Waals surface area contributed by atoms with Gasteiger partial charge in [-0.15, -0.1) is 10.2 Å². The second kappa shape index (κ2) is 7.84. The molecule has 0 unspecified atom stereocenters. The summed E-state index contributed by atoms with van der Waals surface area (Å²) in [5.41, 5.74) is 0.496. The summed E-state index contributed by atoms with van der Waals surface area (Å²) >= 11 is 1.63. The minimum Gasteiger partial charge on any atom is -0.493 e. The molecule has 0 fully saturated rings. The number of nitrogens with zero attached hydrogens (tertiary/aromatic N) is 3. The summed E-state index contributed by atoms with van der Waals surface area (Å²) in [7, 11) is 3.50. The lowest BCUT2D eigenvalue weighted by Crippen LogP contribution is -2.03. The smallest absolute Gasteiger partial charge is 0.190 e. The van der Waals surface area contributed by atoms with E-state index >= 15 is 0 Å². The third-order valence-electron chi connectivity index (χ3n) is 3.18. The van der Waals surface area contributed by atoms with Crippen molar-refractivity contribution < 1.29 is 14.3 Å². The molecule has 0 saturated heterocycles. The van der Waals surface area contributed by atoms with E-state index in [4.69, 9.17) is 9.47 Å². The average Bonchev–Trinajstić information content (AvgIpc) is 2.86. The summed E-state index contributed by atoms with van der Waals surface area (Å²) in [5, 5.41) is 9.00. The summed E-state index contributed by atoms with van der Waals surface area (Å²) in [5.74, 6) is 2.82. The van der Waals surface area contributed by atoms with Gasteiger partial charge in [0.15, 0.2) is 22.9 Å². The quantitative estimate of drug-likeness (QED) is 0.423. The first-order valence-electron chi connectivity index (χ1n) is 6.91. The summed E-state index contributed by atoms with van der Waals surface area (Å²) in [6.45, 7) is 2.42. The second-order valence-corrected chi connectivity index (χ2v) is 5.70. The molecule has 0 radical (unpaired) electrons. The highest BCUT2D eigenvalue weighted by atomic mass is 32.2.